The maximum absolute atomic E-state index is 10.6. The molecule has 0 unspecified atom stereocenters. The summed E-state index contributed by atoms with van der Waals surface area (Å²) >= 11 is 7.86. The van der Waals surface area contributed by atoms with Gasteiger partial charge in [-0.15, -0.1) is 22.9 Å². The predicted molar refractivity (Wildman–Crippen MR) is 112 cm³/mol. The summed E-state index contributed by atoms with van der Waals surface area (Å²) in [7, 11) is 0. The number of hydrogen-bond acceptors (Lipinski definition) is 5. The molecule has 0 aromatic carbocycles. The maximum atomic E-state index is 10.6. The van der Waals surface area contributed by atoms with Crippen molar-refractivity contribution in [2.45, 2.75) is 69.3 Å². The van der Waals surface area contributed by atoms with Crippen LogP contribution in [0.15, 0.2) is 24.3 Å². The van der Waals surface area contributed by atoms with Crippen molar-refractivity contribution >= 4 is 29.1 Å². The van der Waals surface area contributed by atoms with Gasteiger partial charge in [0.1, 0.15) is 0 Å². The molecule has 0 radical (unpaired) electrons. The minimum atomic E-state index is -1.29. The monoisotopic (exact) mass is 430 g/mol. The van der Waals surface area contributed by atoms with Crippen LogP contribution in [-0.2, 0) is 6.42 Å². The molecule has 7 heteroatoms. The number of alkyl halides is 1. The van der Waals surface area contributed by atoms with Crippen molar-refractivity contribution in [1.29, 1.82) is 0 Å². The van der Waals surface area contributed by atoms with E-state index in [1.165, 1.54) is 11.3 Å². The van der Waals surface area contributed by atoms with Crippen LogP contribution in [0, 0.1) is 11.8 Å². The zero-order chi connectivity index (χ0) is 20.4. The summed E-state index contributed by atoms with van der Waals surface area (Å²) in [6.45, 7) is 0.266. The second kappa shape index (κ2) is 12.5. The Balaban J connectivity index is 1.76. The summed E-state index contributed by atoms with van der Waals surface area (Å²) < 4.78 is 4.67. The van der Waals surface area contributed by atoms with Crippen LogP contribution < -0.4 is 4.74 Å². The Morgan fingerprint density at radius 2 is 2.04 bits per heavy atom. The fourth-order valence-electron chi connectivity index (χ4n) is 3.86. The van der Waals surface area contributed by atoms with Crippen LogP contribution in [0.5, 0.6) is 5.06 Å². The molecule has 1 heterocycles. The molecule has 0 aliphatic heterocycles. The molecule has 0 spiro atoms. The number of rotatable bonds is 12. The van der Waals surface area contributed by atoms with Crippen LogP contribution in [0.25, 0.3) is 0 Å². The molecule has 5 nitrogen and oxygen atoms in total. The van der Waals surface area contributed by atoms with Gasteiger partial charge in [0.15, 0.2) is 5.06 Å². The highest BCUT2D eigenvalue weighted by atomic mass is 35.5. The van der Waals surface area contributed by atoms with Crippen molar-refractivity contribution in [2.75, 3.05) is 6.61 Å². The summed E-state index contributed by atoms with van der Waals surface area (Å²) in [5.41, 5.74) is 0. The lowest BCUT2D eigenvalue weighted by atomic mass is 9.89. The standard InChI is InChI=1S/C21H31ClO5S/c22-18-14-19(24)17(9-5-3-1-2-4-6-13-23)16(18)10-7-8-15-11-12-20(28-15)27-21(25)26/h5,9,11-12,16-19,23-24H,1-4,6-8,10,13-14H2,(H,25,26)/t16-,17-,18-,19-/m1/s1. The molecule has 0 amide bonds. The van der Waals surface area contributed by atoms with Crippen LogP contribution >= 0.6 is 22.9 Å². The zero-order valence-corrected chi connectivity index (χ0v) is 17.7. The Labute approximate surface area is 176 Å². The molecule has 0 saturated heterocycles. The van der Waals surface area contributed by atoms with Crippen molar-refractivity contribution in [3.8, 4) is 5.06 Å². The fourth-order valence-corrected chi connectivity index (χ4v) is 5.23. The van der Waals surface area contributed by atoms with E-state index in [9.17, 15) is 9.90 Å². The van der Waals surface area contributed by atoms with Crippen LogP contribution in [-0.4, -0.2) is 39.6 Å². The van der Waals surface area contributed by atoms with E-state index in [1.807, 2.05) is 6.07 Å². The minimum Gasteiger partial charge on any atom is -0.449 e. The Bertz CT molecular complexity index is 618. The number of halogens is 1. The Morgan fingerprint density at radius 3 is 2.79 bits per heavy atom. The zero-order valence-electron chi connectivity index (χ0n) is 16.1. The number of aliphatic hydroxyl groups is 2. The van der Waals surface area contributed by atoms with Crippen molar-refractivity contribution in [3.63, 3.8) is 0 Å². The molecule has 0 bridgehead atoms. The maximum Gasteiger partial charge on any atom is 0.512 e. The van der Waals surface area contributed by atoms with Gasteiger partial charge in [-0.25, -0.2) is 4.79 Å². The molecule has 1 aliphatic rings. The van der Waals surface area contributed by atoms with Crippen LogP contribution in [0.1, 0.15) is 56.2 Å². The van der Waals surface area contributed by atoms with Gasteiger partial charge in [-0.05, 0) is 63.0 Å². The highest BCUT2D eigenvalue weighted by Gasteiger charge is 2.39. The third-order valence-electron chi connectivity index (χ3n) is 5.29. The largest absolute Gasteiger partial charge is 0.512 e. The first kappa shape index (κ1) is 23.2. The first-order valence-corrected chi connectivity index (χ1v) is 11.4. The molecule has 1 aromatic rings. The number of aliphatic hydroxyl groups excluding tert-OH is 2. The van der Waals surface area contributed by atoms with Gasteiger partial charge >= 0.3 is 6.16 Å². The first-order valence-electron chi connectivity index (χ1n) is 10.1. The quantitative estimate of drug-likeness (QED) is 0.183. The number of carbonyl (C=O) groups is 1. The van der Waals surface area contributed by atoms with Crippen molar-refractivity contribution in [3.05, 3.63) is 29.2 Å². The van der Waals surface area contributed by atoms with Crippen LogP contribution in [0.4, 0.5) is 4.79 Å². The smallest absolute Gasteiger partial charge is 0.449 e. The van der Waals surface area contributed by atoms with E-state index in [1.54, 1.807) is 6.07 Å². The van der Waals surface area contributed by atoms with Gasteiger partial charge in [0.25, 0.3) is 0 Å². The second-order valence-corrected chi connectivity index (χ2v) is 9.09. The molecule has 1 aliphatic carbocycles. The Morgan fingerprint density at radius 1 is 1.25 bits per heavy atom. The van der Waals surface area contributed by atoms with Gasteiger partial charge in [0, 0.05) is 22.8 Å². The molecule has 2 rings (SSSR count). The number of allylic oxidation sites excluding steroid dienone is 1. The highest BCUT2D eigenvalue weighted by molar-refractivity contribution is 7.13. The predicted octanol–water partition coefficient (Wildman–Crippen LogP) is 5.23. The van der Waals surface area contributed by atoms with Gasteiger partial charge in [-0.2, -0.15) is 0 Å². The lowest BCUT2D eigenvalue weighted by molar-refractivity contribution is 0.139. The topological polar surface area (TPSA) is 87.0 Å². The number of hydrogen-bond donors (Lipinski definition) is 3. The summed E-state index contributed by atoms with van der Waals surface area (Å²) in [6, 6.07) is 3.59. The van der Waals surface area contributed by atoms with E-state index >= 15 is 0 Å². The Hall–Kier alpha value is -1.08. The van der Waals surface area contributed by atoms with Crippen molar-refractivity contribution in [2.24, 2.45) is 11.8 Å². The van der Waals surface area contributed by atoms with E-state index in [0.29, 0.717) is 11.5 Å². The number of aryl methyl sites for hydroxylation is 1. The fraction of sp³-hybridized carbons (Fsp3) is 0.667. The lowest BCUT2D eigenvalue weighted by Gasteiger charge is -2.20. The van der Waals surface area contributed by atoms with Crippen LogP contribution in [0.2, 0.25) is 0 Å². The minimum absolute atomic E-state index is 0.0107. The molecule has 1 aromatic heterocycles. The summed E-state index contributed by atoms with van der Waals surface area (Å²) in [5, 5.41) is 28.2. The molecular formula is C21H31ClO5S. The third-order valence-corrected chi connectivity index (χ3v) is 6.82. The van der Waals surface area contributed by atoms with E-state index in [-0.39, 0.29) is 29.9 Å². The highest BCUT2D eigenvalue weighted by Crippen LogP contribution is 2.40. The van der Waals surface area contributed by atoms with E-state index in [2.05, 4.69) is 16.9 Å². The van der Waals surface area contributed by atoms with Gasteiger partial charge in [0.2, 0.25) is 0 Å². The molecule has 1 fully saturated rings. The normalized spacial score (nSPS) is 24.8. The molecular weight excluding hydrogens is 400 g/mol. The summed E-state index contributed by atoms with van der Waals surface area (Å²) in [6.07, 6.45) is 11.2. The number of unbranched alkanes of at least 4 members (excludes halogenated alkanes) is 4. The Kier molecular flexibility index (Phi) is 10.3. The van der Waals surface area contributed by atoms with E-state index in [0.717, 1.165) is 56.2 Å². The van der Waals surface area contributed by atoms with Crippen LogP contribution in [0.3, 0.4) is 0 Å². The number of thiophene rings is 1. The SMILES string of the molecule is O=C(O)Oc1ccc(CCC[C@@H]2[C@@H](C=CCCCCCCO)[C@H](O)C[C@H]2Cl)s1. The van der Waals surface area contributed by atoms with E-state index in [4.69, 9.17) is 21.8 Å². The molecule has 28 heavy (non-hydrogen) atoms. The summed E-state index contributed by atoms with van der Waals surface area (Å²) in [5.74, 6) is 0.367. The molecule has 3 N–H and O–H groups in total. The van der Waals surface area contributed by atoms with Crippen molar-refractivity contribution < 1.29 is 24.9 Å². The number of ether oxygens (including phenoxy) is 1. The van der Waals surface area contributed by atoms with Crippen molar-refractivity contribution in [1.82, 2.24) is 0 Å². The third kappa shape index (κ3) is 7.74. The van der Waals surface area contributed by atoms with Gasteiger partial charge in [-0.1, -0.05) is 25.0 Å². The first-order chi connectivity index (χ1) is 13.5. The molecule has 4 atom stereocenters. The second-order valence-electron chi connectivity index (χ2n) is 7.40. The summed E-state index contributed by atoms with van der Waals surface area (Å²) in [4.78, 5) is 11.7. The van der Waals surface area contributed by atoms with Gasteiger partial charge < -0.3 is 20.1 Å². The molecule has 158 valence electrons. The lowest BCUT2D eigenvalue weighted by Crippen LogP contribution is -2.18. The van der Waals surface area contributed by atoms with Gasteiger partial charge in [-0.3, -0.25) is 0 Å². The van der Waals surface area contributed by atoms with Gasteiger partial charge in [0.05, 0.1) is 6.10 Å². The average molecular weight is 431 g/mol. The number of carboxylic acid groups (broad SMARTS) is 1. The molecule has 1 saturated carbocycles. The van der Waals surface area contributed by atoms with E-state index < -0.39 is 6.16 Å². The average Bonchev–Trinajstić information content (AvgIpc) is 3.18.